The van der Waals surface area contributed by atoms with Gasteiger partial charge in [-0.25, -0.2) is 0 Å². The van der Waals surface area contributed by atoms with E-state index >= 15 is 0 Å². The van der Waals surface area contributed by atoms with Crippen molar-refractivity contribution in [1.29, 1.82) is 0 Å². The van der Waals surface area contributed by atoms with E-state index in [0.29, 0.717) is 0 Å². The molecule has 0 atom stereocenters. The van der Waals surface area contributed by atoms with Crippen molar-refractivity contribution in [2.45, 2.75) is 31.8 Å². The molecule has 2 aromatic carbocycles. The fourth-order valence-electron chi connectivity index (χ4n) is 3.80. The lowest BCUT2D eigenvalue weighted by Crippen LogP contribution is -2.36. The van der Waals surface area contributed by atoms with Crippen molar-refractivity contribution in [3.8, 4) is 0 Å². The Hall–Kier alpha value is -1.64. The highest BCUT2D eigenvalue weighted by molar-refractivity contribution is 5.47. The maximum atomic E-state index is 6.53. The summed E-state index contributed by atoms with van der Waals surface area (Å²) < 4.78 is 6.53. The Morgan fingerprint density at radius 1 is 0.913 bits per heavy atom. The summed E-state index contributed by atoms with van der Waals surface area (Å²) in [7, 11) is 4.27. The highest BCUT2D eigenvalue weighted by Crippen LogP contribution is 2.43. The molecular weight excluding hydrogens is 282 g/mol. The molecule has 0 saturated carbocycles. The third-order valence-corrected chi connectivity index (χ3v) is 4.87. The van der Waals surface area contributed by atoms with Crippen molar-refractivity contribution in [2.24, 2.45) is 0 Å². The second-order valence-electron chi connectivity index (χ2n) is 6.63. The first-order chi connectivity index (χ1) is 11.2. The maximum Gasteiger partial charge on any atom is 0.120 e. The van der Waals surface area contributed by atoms with Crippen LogP contribution in [0.25, 0.3) is 0 Å². The van der Waals surface area contributed by atoms with Crippen molar-refractivity contribution in [2.75, 3.05) is 27.2 Å². The molecule has 0 amide bonds. The minimum Gasteiger partial charge on any atom is -0.366 e. The predicted octanol–water partition coefficient (Wildman–Crippen LogP) is 4.02. The Labute approximate surface area is 140 Å². The van der Waals surface area contributed by atoms with Crippen LogP contribution in [-0.2, 0) is 23.2 Å². The number of rotatable bonds is 5. The van der Waals surface area contributed by atoms with Gasteiger partial charge in [0.05, 0.1) is 0 Å². The first-order valence-electron chi connectivity index (χ1n) is 8.63. The zero-order valence-corrected chi connectivity index (χ0v) is 14.5. The van der Waals surface area contributed by atoms with Crippen LogP contribution in [0.4, 0.5) is 0 Å². The zero-order chi connectivity index (χ0) is 16.3. The number of nitrogens with zero attached hydrogens (tertiary/aromatic N) is 1. The Balaban J connectivity index is 2.20. The van der Waals surface area contributed by atoms with Crippen LogP contribution in [0.2, 0.25) is 0 Å². The van der Waals surface area contributed by atoms with E-state index in [1.165, 1.54) is 22.3 Å². The second kappa shape index (κ2) is 6.86. The molecule has 2 heteroatoms. The van der Waals surface area contributed by atoms with Gasteiger partial charge in [-0.05, 0) is 62.5 Å². The van der Waals surface area contributed by atoms with Gasteiger partial charge in [0.2, 0.25) is 0 Å². The summed E-state index contributed by atoms with van der Waals surface area (Å²) in [4.78, 5) is 2.25. The molecule has 1 aliphatic carbocycles. The maximum absolute atomic E-state index is 6.53. The van der Waals surface area contributed by atoms with Gasteiger partial charge in [0.25, 0.3) is 0 Å². The van der Waals surface area contributed by atoms with Gasteiger partial charge in [-0.1, -0.05) is 48.5 Å². The molecule has 0 radical (unpaired) electrons. The van der Waals surface area contributed by atoms with E-state index in [4.69, 9.17) is 4.74 Å². The molecular formula is C21H27NO. The van der Waals surface area contributed by atoms with Crippen LogP contribution in [0.1, 0.15) is 35.6 Å². The summed E-state index contributed by atoms with van der Waals surface area (Å²) in [5, 5.41) is 0. The van der Waals surface area contributed by atoms with Crippen LogP contribution >= 0.6 is 0 Å². The summed E-state index contributed by atoms with van der Waals surface area (Å²) in [6, 6.07) is 17.7. The Morgan fingerprint density at radius 3 is 1.91 bits per heavy atom. The molecule has 0 aliphatic heterocycles. The molecule has 0 spiro atoms. The summed E-state index contributed by atoms with van der Waals surface area (Å²) >= 11 is 0. The molecule has 122 valence electrons. The summed E-state index contributed by atoms with van der Waals surface area (Å²) in [6.07, 6.45) is 3.15. The lowest BCUT2D eigenvalue weighted by atomic mass is 9.80. The number of hydrogen-bond donors (Lipinski definition) is 0. The summed E-state index contributed by atoms with van der Waals surface area (Å²) in [5.74, 6) is 0. The monoisotopic (exact) mass is 309 g/mol. The van der Waals surface area contributed by atoms with Crippen LogP contribution in [0.3, 0.4) is 0 Å². The number of fused-ring (bicyclic) bond motifs is 2. The lowest BCUT2D eigenvalue weighted by Gasteiger charge is -2.37. The fraction of sp³-hybridized carbons (Fsp3) is 0.429. The molecule has 2 aromatic rings. The third kappa shape index (κ3) is 3.06. The third-order valence-electron chi connectivity index (χ3n) is 4.87. The van der Waals surface area contributed by atoms with E-state index < -0.39 is 0 Å². The standard InChI is InChI=1S/C21H27NO/c1-4-23-21(15-16-22(2)3)19-11-7-5-9-17(19)13-14-18-10-6-8-12-20(18)21/h5-12H,4,13-16H2,1-3H3. The molecule has 0 bridgehead atoms. The summed E-state index contributed by atoms with van der Waals surface area (Å²) in [5.41, 5.74) is 5.23. The minimum atomic E-state index is -0.331. The van der Waals surface area contributed by atoms with Crippen molar-refractivity contribution >= 4 is 0 Å². The smallest absolute Gasteiger partial charge is 0.120 e. The van der Waals surface area contributed by atoms with Gasteiger partial charge >= 0.3 is 0 Å². The first-order valence-corrected chi connectivity index (χ1v) is 8.63. The van der Waals surface area contributed by atoms with E-state index in [2.05, 4.69) is 74.4 Å². The molecule has 3 rings (SSSR count). The van der Waals surface area contributed by atoms with Gasteiger partial charge in [-0.15, -0.1) is 0 Å². The van der Waals surface area contributed by atoms with Crippen LogP contribution in [0.5, 0.6) is 0 Å². The van der Waals surface area contributed by atoms with E-state index in [1.54, 1.807) is 0 Å². The van der Waals surface area contributed by atoms with Crippen molar-refractivity contribution in [3.05, 3.63) is 70.8 Å². The highest BCUT2D eigenvalue weighted by atomic mass is 16.5. The highest BCUT2D eigenvalue weighted by Gasteiger charge is 2.39. The van der Waals surface area contributed by atoms with Crippen molar-refractivity contribution in [1.82, 2.24) is 4.90 Å². The van der Waals surface area contributed by atoms with Gasteiger partial charge in [0.1, 0.15) is 5.60 Å². The number of hydrogen-bond acceptors (Lipinski definition) is 2. The molecule has 1 aliphatic rings. The molecule has 23 heavy (non-hydrogen) atoms. The molecule has 0 unspecified atom stereocenters. The SMILES string of the molecule is CCOC1(CCN(C)C)c2ccccc2CCc2ccccc21. The Kier molecular flexibility index (Phi) is 4.84. The largest absolute Gasteiger partial charge is 0.366 e. The first kappa shape index (κ1) is 16.2. The van der Waals surface area contributed by atoms with Gasteiger partial charge in [-0.3, -0.25) is 0 Å². The van der Waals surface area contributed by atoms with Crippen LogP contribution in [0.15, 0.2) is 48.5 Å². The van der Waals surface area contributed by atoms with E-state index in [-0.39, 0.29) is 5.60 Å². The van der Waals surface area contributed by atoms with Crippen molar-refractivity contribution < 1.29 is 4.74 Å². The summed E-state index contributed by atoms with van der Waals surface area (Å²) in [6.45, 7) is 3.83. The van der Waals surface area contributed by atoms with Gasteiger partial charge in [0, 0.05) is 13.2 Å². The van der Waals surface area contributed by atoms with Crippen LogP contribution in [-0.4, -0.2) is 32.1 Å². The average molecular weight is 309 g/mol. The van der Waals surface area contributed by atoms with Gasteiger partial charge in [0.15, 0.2) is 0 Å². The van der Waals surface area contributed by atoms with E-state index in [9.17, 15) is 0 Å². The van der Waals surface area contributed by atoms with E-state index in [1.807, 2.05) is 0 Å². The number of ether oxygens (including phenoxy) is 1. The molecule has 0 N–H and O–H groups in total. The molecule has 0 fully saturated rings. The second-order valence-corrected chi connectivity index (χ2v) is 6.63. The zero-order valence-electron chi connectivity index (χ0n) is 14.5. The Bertz CT molecular complexity index is 615. The Morgan fingerprint density at radius 2 is 1.43 bits per heavy atom. The average Bonchev–Trinajstić information content (AvgIpc) is 2.70. The topological polar surface area (TPSA) is 12.5 Å². The van der Waals surface area contributed by atoms with Gasteiger partial charge in [-0.2, -0.15) is 0 Å². The minimum absolute atomic E-state index is 0.331. The van der Waals surface area contributed by atoms with Crippen LogP contribution in [0, 0.1) is 0 Å². The number of benzene rings is 2. The molecule has 2 nitrogen and oxygen atoms in total. The fourth-order valence-corrected chi connectivity index (χ4v) is 3.80. The molecule has 0 heterocycles. The normalized spacial score (nSPS) is 15.8. The van der Waals surface area contributed by atoms with E-state index in [0.717, 1.165) is 32.4 Å². The quantitative estimate of drug-likeness (QED) is 0.827. The van der Waals surface area contributed by atoms with Crippen molar-refractivity contribution in [3.63, 3.8) is 0 Å². The molecule has 0 aromatic heterocycles. The lowest BCUT2D eigenvalue weighted by molar-refractivity contribution is -0.0220. The van der Waals surface area contributed by atoms with Crippen LogP contribution < -0.4 is 0 Å². The van der Waals surface area contributed by atoms with Gasteiger partial charge < -0.3 is 9.64 Å². The number of aryl methyl sites for hydroxylation is 2. The molecule has 0 saturated heterocycles. The predicted molar refractivity (Wildman–Crippen MR) is 95.9 cm³/mol.